The van der Waals surface area contributed by atoms with E-state index >= 15 is 0 Å². The molecule has 1 unspecified atom stereocenters. The summed E-state index contributed by atoms with van der Waals surface area (Å²) in [6, 6.07) is 19.2. The molecule has 1 atom stereocenters. The van der Waals surface area contributed by atoms with Crippen molar-refractivity contribution in [2.24, 2.45) is 0 Å². The van der Waals surface area contributed by atoms with Crippen LogP contribution in [0.15, 0.2) is 60.7 Å². The maximum atomic E-state index is 11.6. The van der Waals surface area contributed by atoms with E-state index in [9.17, 15) is 9.90 Å². The van der Waals surface area contributed by atoms with Crippen LogP contribution < -0.4 is 10.1 Å². The van der Waals surface area contributed by atoms with Gasteiger partial charge in [-0.15, -0.1) is 0 Å². The summed E-state index contributed by atoms with van der Waals surface area (Å²) in [5.74, 6) is -0.642. The number of carboxylic acid groups (broad SMARTS) is 1. The number of benzene rings is 3. The van der Waals surface area contributed by atoms with Crippen molar-refractivity contribution in [3.63, 3.8) is 0 Å². The van der Waals surface area contributed by atoms with Crippen LogP contribution in [-0.4, -0.2) is 30.3 Å². The fourth-order valence-electron chi connectivity index (χ4n) is 3.54. The van der Waals surface area contributed by atoms with E-state index in [1.54, 1.807) is 18.2 Å². The molecular weight excluding hydrogens is 354 g/mol. The number of aromatic carboxylic acids is 1. The molecule has 1 aliphatic rings. The van der Waals surface area contributed by atoms with Gasteiger partial charge in [-0.3, -0.25) is 0 Å². The van der Waals surface area contributed by atoms with Gasteiger partial charge in [0, 0.05) is 24.9 Å². The Morgan fingerprint density at radius 1 is 1.14 bits per heavy atom. The van der Waals surface area contributed by atoms with E-state index in [1.165, 1.54) is 0 Å². The van der Waals surface area contributed by atoms with Crippen molar-refractivity contribution in [3.8, 4) is 5.75 Å². The zero-order valence-electron chi connectivity index (χ0n) is 15.6. The Labute approximate surface area is 163 Å². The van der Waals surface area contributed by atoms with Crippen molar-refractivity contribution < 1.29 is 19.4 Å². The van der Waals surface area contributed by atoms with E-state index in [-0.39, 0.29) is 11.7 Å². The molecule has 1 aliphatic heterocycles. The lowest BCUT2D eigenvalue weighted by molar-refractivity contribution is 0.0692. The minimum Gasteiger partial charge on any atom is -0.488 e. The molecule has 1 fully saturated rings. The Morgan fingerprint density at radius 3 is 2.82 bits per heavy atom. The molecule has 5 heteroatoms. The first kappa shape index (κ1) is 18.3. The number of anilines is 1. The fraction of sp³-hybridized carbons (Fsp3) is 0.261. The first-order valence-corrected chi connectivity index (χ1v) is 9.53. The largest absolute Gasteiger partial charge is 0.488 e. The van der Waals surface area contributed by atoms with E-state index in [0.29, 0.717) is 18.9 Å². The van der Waals surface area contributed by atoms with Crippen LogP contribution in [0.1, 0.15) is 28.8 Å². The van der Waals surface area contributed by atoms with Crippen LogP contribution in [0.25, 0.3) is 10.8 Å². The van der Waals surface area contributed by atoms with E-state index < -0.39 is 5.97 Å². The van der Waals surface area contributed by atoms with E-state index in [4.69, 9.17) is 9.47 Å². The second kappa shape index (κ2) is 8.31. The maximum absolute atomic E-state index is 11.6. The number of rotatable bonds is 7. The fourth-order valence-corrected chi connectivity index (χ4v) is 3.54. The highest BCUT2D eigenvalue weighted by Crippen LogP contribution is 2.27. The topological polar surface area (TPSA) is 67.8 Å². The van der Waals surface area contributed by atoms with Gasteiger partial charge in [-0.2, -0.15) is 0 Å². The van der Waals surface area contributed by atoms with Crippen LogP contribution >= 0.6 is 0 Å². The minimum atomic E-state index is -1.00. The number of carboxylic acids is 1. The van der Waals surface area contributed by atoms with Gasteiger partial charge >= 0.3 is 5.97 Å². The van der Waals surface area contributed by atoms with E-state index in [0.717, 1.165) is 41.5 Å². The van der Waals surface area contributed by atoms with Crippen LogP contribution in [0.4, 0.5) is 5.69 Å². The van der Waals surface area contributed by atoms with Crippen LogP contribution in [0.5, 0.6) is 5.75 Å². The first-order chi connectivity index (χ1) is 13.7. The molecule has 0 bridgehead atoms. The van der Waals surface area contributed by atoms with Gasteiger partial charge in [0.25, 0.3) is 0 Å². The highest BCUT2D eigenvalue weighted by molar-refractivity contribution is 5.91. The van der Waals surface area contributed by atoms with Crippen molar-refractivity contribution in [3.05, 3.63) is 71.8 Å². The normalized spacial score (nSPS) is 16.2. The van der Waals surface area contributed by atoms with Gasteiger partial charge in [0.1, 0.15) is 17.9 Å². The molecule has 3 aromatic rings. The highest BCUT2D eigenvalue weighted by atomic mass is 16.5. The summed E-state index contributed by atoms with van der Waals surface area (Å²) in [4.78, 5) is 11.6. The zero-order chi connectivity index (χ0) is 19.3. The minimum absolute atomic E-state index is 0.155. The van der Waals surface area contributed by atoms with Crippen LogP contribution in [0.3, 0.4) is 0 Å². The van der Waals surface area contributed by atoms with Crippen molar-refractivity contribution in [1.29, 1.82) is 0 Å². The van der Waals surface area contributed by atoms with E-state index in [2.05, 4.69) is 17.4 Å². The average Bonchev–Trinajstić information content (AvgIpc) is 3.24. The molecule has 1 heterocycles. The molecule has 2 N–H and O–H groups in total. The quantitative estimate of drug-likeness (QED) is 0.624. The molecule has 0 aromatic heterocycles. The molecule has 144 valence electrons. The summed E-state index contributed by atoms with van der Waals surface area (Å²) in [6.07, 6.45) is 2.34. The third-order valence-electron chi connectivity index (χ3n) is 5.03. The summed E-state index contributed by atoms with van der Waals surface area (Å²) < 4.78 is 11.6. The SMILES string of the molecule is O=C(O)c1ccc(NCC2CCCO2)cc1OCc1cccc2ccccc12. The standard InChI is InChI=1S/C23H23NO4/c25-23(26)21-11-10-18(24-14-19-8-4-12-27-19)13-22(21)28-15-17-7-3-6-16-5-1-2-9-20(16)17/h1-3,5-7,9-11,13,19,24H,4,8,12,14-15H2,(H,25,26). The van der Waals surface area contributed by atoms with Gasteiger partial charge in [0.2, 0.25) is 0 Å². The number of nitrogens with one attached hydrogen (secondary N) is 1. The molecule has 1 saturated heterocycles. The maximum Gasteiger partial charge on any atom is 0.339 e. The molecule has 28 heavy (non-hydrogen) atoms. The molecular formula is C23H23NO4. The van der Waals surface area contributed by atoms with Crippen molar-refractivity contribution in [1.82, 2.24) is 0 Å². The number of hydrogen-bond acceptors (Lipinski definition) is 4. The third kappa shape index (κ3) is 4.10. The lowest BCUT2D eigenvalue weighted by atomic mass is 10.1. The second-order valence-electron chi connectivity index (χ2n) is 6.96. The monoisotopic (exact) mass is 377 g/mol. The Bertz CT molecular complexity index is 974. The number of carbonyl (C=O) groups is 1. The second-order valence-corrected chi connectivity index (χ2v) is 6.96. The molecule has 0 spiro atoms. The van der Waals surface area contributed by atoms with Gasteiger partial charge in [-0.25, -0.2) is 4.79 Å². The smallest absolute Gasteiger partial charge is 0.339 e. The summed E-state index contributed by atoms with van der Waals surface area (Å²) in [5, 5.41) is 15.1. The summed E-state index contributed by atoms with van der Waals surface area (Å²) in [6.45, 7) is 1.82. The van der Waals surface area contributed by atoms with E-state index in [1.807, 2.05) is 30.3 Å². The van der Waals surface area contributed by atoms with Gasteiger partial charge in [-0.1, -0.05) is 42.5 Å². The van der Waals surface area contributed by atoms with Gasteiger partial charge in [0.15, 0.2) is 0 Å². The number of fused-ring (bicyclic) bond motifs is 1. The van der Waals surface area contributed by atoms with Crippen LogP contribution in [-0.2, 0) is 11.3 Å². The number of ether oxygens (including phenoxy) is 2. The van der Waals surface area contributed by atoms with Gasteiger partial charge in [0.05, 0.1) is 6.10 Å². The molecule has 5 nitrogen and oxygen atoms in total. The van der Waals surface area contributed by atoms with Crippen molar-refractivity contribution in [2.75, 3.05) is 18.5 Å². The molecule has 0 aliphatic carbocycles. The Morgan fingerprint density at radius 2 is 2.00 bits per heavy atom. The first-order valence-electron chi connectivity index (χ1n) is 9.53. The number of hydrogen-bond donors (Lipinski definition) is 2. The van der Waals surface area contributed by atoms with Crippen molar-refractivity contribution >= 4 is 22.4 Å². The molecule has 0 saturated carbocycles. The zero-order valence-corrected chi connectivity index (χ0v) is 15.6. The summed E-state index contributed by atoms with van der Waals surface area (Å²) in [7, 11) is 0. The summed E-state index contributed by atoms with van der Waals surface area (Å²) >= 11 is 0. The molecule has 0 amide bonds. The molecule has 0 radical (unpaired) electrons. The van der Waals surface area contributed by atoms with Crippen LogP contribution in [0.2, 0.25) is 0 Å². The molecule has 4 rings (SSSR count). The molecule has 3 aromatic carbocycles. The highest BCUT2D eigenvalue weighted by Gasteiger charge is 2.16. The third-order valence-corrected chi connectivity index (χ3v) is 5.03. The van der Waals surface area contributed by atoms with Gasteiger partial charge in [-0.05, 0) is 41.3 Å². The summed E-state index contributed by atoms with van der Waals surface area (Å²) in [5.41, 5.74) is 2.00. The Balaban J connectivity index is 1.52. The predicted molar refractivity (Wildman–Crippen MR) is 109 cm³/mol. The average molecular weight is 377 g/mol. The van der Waals surface area contributed by atoms with Crippen molar-refractivity contribution in [2.45, 2.75) is 25.6 Å². The lowest BCUT2D eigenvalue weighted by Gasteiger charge is -2.15. The predicted octanol–water partition coefficient (Wildman–Crippen LogP) is 4.71. The lowest BCUT2D eigenvalue weighted by Crippen LogP contribution is -2.18. The Hall–Kier alpha value is -3.05. The van der Waals surface area contributed by atoms with Crippen LogP contribution in [0, 0.1) is 0 Å². The Kier molecular flexibility index (Phi) is 5.44. The van der Waals surface area contributed by atoms with Gasteiger partial charge < -0.3 is 19.9 Å².